The molecule has 16 heavy (non-hydrogen) atoms. The summed E-state index contributed by atoms with van der Waals surface area (Å²) in [6, 6.07) is 2.88. The Morgan fingerprint density at radius 1 is 1.50 bits per heavy atom. The monoisotopic (exact) mass is 245 g/mol. The minimum absolute atomic E-state index is 0.205. The van der Waals surface area contributed by atoms with Crippen molar-refractivity contribution in [1.82, 2.24) is 4.98 Å². The topological polar surface area (TPSA) is 82.6 Å². The first-order valence-corrected chi connectivity index (χ1v) is 6.11. The van der Waals surface area contributed by atoms with Crippen molar-refractivity contribution in [2.24, 2.45) is 0 Å². The third kappa shape index (κ3) is 3.95. The zero-order valence-corrected chi connectivity index (χ0v) is 9.65. The Hall–Kier alpha value is -1.47. The van der Waals surface area contributed by atoms with Gasteiger partial charge in [-0.1, -0.05) is 0 Å². The molecule has 0 atom stereocenters. The Kier molecular flexibility index (Phi) is 3.97. The minimum Gasteiger partial charge on any atom is -0.465 e. The number of carbonyl (C=O) groups excluding carboxylic acids is 1. The van der Waals surface area contributed by atoms with E-state index in [9.17, 15) is 13.2 Å². The van der Waals surface area contributed by atoms with Gasteiger partial charge in [-0.05, 0) is 12.1 Å². The van der Waals surface area contributed by atoms with Gasteiger partial charge in [0.2, 0.25) is 0 Å². The lowest BCUT2D eigenvalue weighted by atomic mass is 10.2. The molecule has 0 fully saturated rings. The van der Waals surface area contributed by atoms with Gasteiger partial charge in [0.05, 0.1) is 24.6 Å². The van der Waals surface area contributed by atoms with Crippen LogP contribution in [-0.4, -0.2) is 32.7 Å². The lowest BCUT2D eigenvalue weighted by Gasteiger charge is -2.03. The van der Waals surface area contributed by atoms with E-state index in [1.165, 1.54) is 25.4 Å². The van der Waals surface area contributed by atoms with Crippen molar-refractivity contribution in [3.63, 3.8) is 0 Å². The van der Waals surface area contributed by atoms with E-state index in [2.05, 4.69) is 13.9 Å². The van der Waals surface area contributed by atoms with Crippen LogP contribution in [0.5, 0.6) is 0 Å². The van der Waals surface area contributed by atoms with E-state index in [0.29, 0.717) is 11.3 Å². The third-order valence-corrected chi connectivity index (χ3v) is 2.20. The Balaban J connectivity index is 2.79. The van der Waals surface area contributed by atoms with Crippen LogP contribution in [0.3, 0.4) is 0 Å². The van der Waals surface area contributed by atoms with Crippen molar-refractivity contribution in [2.75, 3.05) is 13.4 Å². The second-order valence-electron chi connectivity index (χ2n) is 2.99. The molecule has 0 saturated heterocycles. The highest BCUT2D eigenvalue weighted by atomic mass is 32.2. The maximum atomic E-state index is 11.2. The first-order chi connectivity index (χ1) is 7.42. The molecule has 0 bridgehead atoms. The number of nitrogens with zero attached hydrogens (tertiary/aromatic N) is 1. The third-order valence-electron chi connectivity index (χ3n) is 1.66. The van der Waals surface area contributed by atoms with Crippen molar-refractivity contribution in [3.8, 4) is 0 Å². The zero-order chi connectivity index (χ0) is 12.2. The highest BCUT2D eigenvalue weighted by Crippen LogP contribution is 2.05. The Morgan fingerprint density at radius 3 is 2.75 bits per heavy atom. The summed E-state index contributed by atoms with van der Waals surface area (Å²) in [7, 11) is -2.26. The predicted molar refractivity (Wildman–Crippen MR) is 55.2 cm³/mol. The van der Waals surface area contributed by atoms with Gasteiger partial charge in [-0.2, -0.15) is 8.42 Å². The number of aromatic nitrogens is 1. The maximum absolute atomic E-state index is 11.2. The van der Waals surface area contributed by atoms with Crippen molar-refractivity contribution in [1.29, 1.82) is 0 Å². The zero-order valence-electron chi connectivity index (χ0n) is 8.84. The summed E-state index contributed by atoms with van der Waals surface area (Å²) < 4.78 is 30.5. The summed E-state index contributed by atoms with van der Waals surface area (Å²) in [6.45, 7) is -0.205. The molecule has 0 aliphatic heterocycles. The highest BCUT2D eigenvalue weighted by molar-refractivity contribution is 7.85. The molecule has 0 aromatic carbocycles. The van der Waals surface area contributed by atoms with Crippen LogP contribution in [0, 0.1) is 0 Å². The predicted octanol–water partition coefficient (Wildman–Crippen LogP) is 0.344. The summed E-state index contributed by atoms with van der Waals surface area (Å²) >= 11 is 0. The first kappa shape index (κ1) is 12.6. The lowest BCUT2D eigenvalue weighted by molar-refractivity contribution is 0.0600. The fraction of sp³-hybridized carbons (Fsp3) is 0.333. The summed E-state index contributed by atoms with van der Waals surface area (Å²) in [5, 5.41) is 0. The van der Waals surface area contributed by atoms with Gasteiger partial charge in [0.15, 0.2) is 0 Å². The Bertz CT molecular complexity index is 482. The van der Waals surface area contributed by atoms with Crippen LogP contribution in [0.1, 0.15) is 16.1 Å². The van der Waals surface area contributed by atoms with Crippen molar-refractivity contribution >= 4 is 16.1 Å². The van der Waals surface area contributed by atoms with E-state index >= 15 is 0 Å². The molecule has 0 spiro atoms. The van der Waals surface area contributed by atoms with Crippen molar-refractivity contribution in [2.45, 2.75) is 6.61 Å². The van der Waals surface area contributed by atoms with Crippen LogP contribution in [-0.2, 0) is 25.6 Å². The number of hydrogen-bond donors (Lipinski definition) is 0. The SMILES string of the molecule is COC(=O)c1ccnc(COS(C)(=O)=O)c1. The summed E-state index contributed by atoms with van der Waals surface area (Å²) in [5.74, 6) is -0.511. The van der Waals surface area contributed by atoms with E-state index in [1.54, 1.807) is 0 Å². The summed E-state index contributed by atoms with van der Waals surface area (Å²) in [6.07, 6.45) is 2.32. The molecule has 1 aromatic heterocycles. The molecule has 6 nitrogen and oxygen atoms in total. The largest absolute Gasteiger partial charge is 0.465 e. The standard InChI is InChI=1S/C9H11NO5S/c1-14-9(11)7-3-4-10-8(5-7)6-15-16(2,12)13/h3-5H,6H2,1-2H3. The number of carbonyl (C=O) groups is 1. The molecule has 0 aliphatic rings. The van der Waals surface area contributed by atoms with Gasteiger partial charge in [-0.3, -0.25) is 9.17 Å². The highest BCUT2D eigenvalue weighted by Gasteiger charge is 2.08. The molecule has 0 amide bonds. The smallest absolute Gasteiger partial charge is 0.337 e. The normalized spacial score (nSPS) is 11.1. The number of hydrogen-bond acceptors (Lipinski definition) is 6. The Labute approximate surface area is 93.3 Å². The minimum atomic E-state index is -3.52. The summed E-state index contributed by atoms with van der Waals surface area (Å²) in [4.78, 5) is 15.0. The van der Waals surface area contributed by atoms with Crippen LogP contribution in [0.25, 0.3) is 0 Å². The van der Waals surface area contributed by atoms with E-state index in [-0.39, 0.29) is 6.61 Å². The average molecular weight is 245 g/mol. The van der Waals surface area contributed by atoms with Crippen LogP contribution in [0.4, 0.5) is 0 Å². The maximum Gasteiger partial charge on any atom is 0.337 e. The van der Waals surface area contributed by atoms with Crippen LogP contribution < -0.4 is 0 Å². The van der Waals surface area contributed by atoms with Gasteiger partial charge in [-0.15, -0.1) is 0 Å². The van der Waals surface area contributed by atoms with E-state index in [0.717, 1.165) is 6.26 Å². The Morgan fingerprint density at radius 2 is 2.19 bits per heavy atom. The fourth-order valence-electron chi connectivity index (χ4n) is 0.969. The van der Waals surface area contributed by atoms with Gasteiger partial charge in [0.1, 0.15) is 6.61 Å². The molecule has 88 valence electrons. The molecule has 0 N–H and O–H groups in total. The number of esters is 1. The quantitative estimate of drug-likeness (QED) is 0.562. The van der Waals surface area contributed by atoms with E-state index in [1.807, 2.05) is 0 Å². The molecule has 0 aliphatic carbocycles. The summed E-state index contributed by atoms with van der Waals surface area (Å²) in [5.41, 5.74) is 0.637. The molecule has 7 heteroatoms. The van der Waals surface area contributed by atoms with Gasteiger partial charge >= 0.3 is 5.97 Å². The second-order valence-corrected chi connectivity index (χ2v) is 4.64. The average Bonchev–Trinajstić information content (AvgIpc) is 2.25. The van der Waals surface area contributed by atoms with Crippen LogP contribution in [0.2, 0.25) is 0 Å². The molecule has 1 heterocycles. The van der Waals surface area contributed by atoms with Gasteiger partial charge in [-0.25, -0.2) is 4.79 Å². The van der Waals surface area contributed by atoms with E-state index < -0.39 is 16.1 Å². The van der Waals surface area contributed by atoms with Crippen LogP contribution >= 0.6 is 0 Å². The van der Waals surface area contributed by atoms with Gasteiger partial charge < -0.3 is 4.74 Å². The first-order valence-electron chi connectivity index (χ1n) is 4.30. The number of rotatable bonds is 4. The molecular formula is C9H11NO5S. The number of methoxy groups -OCH3 is 1. The number of ether oxygens (including phenoxy) is 1. The van der Waals surface area contributed by atoms with Crippen molar-refractivity contribution in [3.05, 3.63) is 29.6 Å². The molecule has 1 aromatic rings. The molecule has 0 unspecified atom stereocenters. The molecule has 0 saturated carbocycles. The molecular weight excluding hydrogens is 234 g/mol. The second kappa shape index (κ2) is 5.04. The number of pyridine rings is 1. The molecule has 1 rings (SSSR count). The molecule has 0 radical (unpaired) electrons. The fourth-order valence-corrected chi connectivity index (χ4v) is 1.30. The van der Waals surface area contributed by atoms with Crippen molar-refractivity contribution < 1.29 is 22.1 Å². The van der Waals surface area contributed by atoms with Crippen LogP contribution in [0.15, 0.2) is 18.3 Å². The lowest BCUT2D eigenvalue weighted by Crippen LogP contribution is -2.06. The van der Waals surface area contributed by atoms with E-state index in [4.69, 9.17) is 0 Å². The van der Waals surface area contributed by atoms with Gasteiger partial charge in [0.25, 0.3) is 10.1 Å². The van der Waals surface area contributed by atoms with Gasteiger partial charge in [0, 0.05) is 6.20 Å².